The molecule has 4 rings (SSSR count). The Morgan fingerprint density at radius 1 is 0.848 bits per heavy atom. The second kappa shape index (κ2) is 15.8. The summed E-state index contributed by atoms with van der Waals surface area (Å²) < 4.78 is 35.1. The maximum absolute atomic E-state index is 14.6. The molecule has 4 aromatic carbocycles. The van der Waals surface area contributed by atoms with Gasteiger partial charge in [-0.05, 0) is 60.4 Å². The molecular formula is C36H40ClN3O5S. The first-order valence-electron chi connectivity index (χ1n) is 15.1. The van der Waals surface area contributed by atoms with E-state index in [4.69, 9.17) is 16.3 Å². The van der Waals surface area contributed by atoms with Gasteiger partial charge >= 0.3 is 0 Å². The fourth-order valence-corrected chi connectivity index (χ4v) is 6.50. The number of benzene rings is 4. The number of methoxy groups -OCH3 is 1. The number of hydrogen-bond acceptors (Lipinski definition) is 5. The van der Waals surface area contributed by atoms with E-state index < -0.39 is 28.5 Å². The molecule has 8 nitrogen and oxygen atoms in total. The van der Waals surface area contributed by atoms with Crippen molar-refractivity contribution in [1.82, 2.24) is 10.2 Å². The fraction of sp³-hybridized carbons (Fsp3) is 0.278. The molecule has 0 saturated heterocycles. The molecule has 0 heterocycles. The minimum Gasteiger partial charge on any atom is -0.495 e. The highest BCUT2D eigenvalue weighted by Crippen LogP contribution is 2.33. The number of ether oxygens (including phenoxy) is 1. The number of para-hydroxylation sites is 2. The van der Waals surface area contributed by atoms with Gasteiger partial charge in [-0.25, -0.2) is 8.42 Å². The van der Waals surface area contributed by atoms with Crippen LogP contribution in [0.4, 0.5) is 5.69 Å². The molecule has 1 N–H and O–H groups in total. The van der Waals surface area contributed by atoms with Gasteiger partial charge in [0, 0.05) is 24.5 Å². The minimum absolute atomic E-state index is 0.0246. The van der Waals surface area contributed by atoms with Crippen LogP contribution in [-0.2, 0) is 32.6 Å². The lowest BCUT2D eigenvalue weighted by Crippen LogP contribution is -2.53. The van der Waals surface area contributed by atoms with Crippen molar-refractivity contribution < 1.29 is 22.7 Å². The molecule has 10 heteroatoms. The molecule has 0 radical (unpaired) electrons. The average Bonchev–Trinajstić information content (AvgIpc) is 3.05. The standard InChI is InChI=1S/C36H40ClN3O5S/c1-26(2)23-38-36(42)33(22-28-10-6-5-7-11-28)39(24-29-16-18-30(37)19-17-29)35(41)25-40(32-12-8-9-13-34(32)45-4)46(43,44)31-20-14-27(3)15-21-31/h5-21,26,33H,22-25H2,1-4H3,(H,38,42)/t33-/m0/s1. The Balaban J connectivity index is 1.82. The van der Waals surface area contributed by atoms with Gasteiger partial charge in [0.15, 0.2) is 0 Å². The van der Waals surface area contributed by atoms with Gasteiger partial charge in [-0.1, -0.05) is 97.7 Å². The van der Waals surface area contributed by atoms with Crippen LogP contribution in [0.25, 0.3) is 0 Å². The number of nitrogens with zero attached hydrogens (tertiary/aromatic N) is 2. The molecule has 0 bridgehead atoms. The molecule has 2 amide bonds. The number of halogens is 1. The van der Waals surface area contributed by atoms with Crippen molar-refractivity contribution in [3.05, 3.63) is 125 Å². The van der Waals surface area contributed by atoms with E-state index in [0.717, 1.165) is 21.0 Å². The quantitative estimate of drug-likeness (QED) is 0.172. The summed E-state index contributed by atoms with van der Waals surface area (Å²) in [5.74, 6) is -0.421. The van der Waals surface area contributed by atoms with E-state index in [1.54, 1.807) is 60.7 Å². The van der Waals surface area contributed by atoms with E-state index in [9.17, 15) is 18.0 Å². The predicted molar refractivity (Wildman–Crippen MR) is 182 cm³/mol. The summed E-state index contributed by atoms with van der Waals surface area (Å²) in [7, 11) is -2.81. The van der Waals surface area contributed by atoms with Crippen molar-refractivity contribution in [3.8, 4) is 5.75 Å². The van der Waals surface area contributed by atoms with Crippen LogP contribution in [0, 0.1) is 12.8 Å². The van der Waals surface area contributed by atoms with Crippen LogP contribution >= 0.6 is 11.6 Å². The van der Waals surface area contributed by atoms with Crippen molar-refractivity contribution in [3.63, 3.8) is 0 Å². The lowest BCUT2D eigenvalue weighted by atomic mass is 10.0. The summed E-state index contributed by atoms with van der Waals surface area (Å²) >= 11 is 6.16. The Bertz CT molecular complexity index is 1710. The van der Waals surface area contributed by atoms with Gasteiger partial charge in [-0.2, -0.15) is 0 Å². The summed E-state index contributed by atoms with van der Waals surface area (Å²) in [5, 5.41) is 3.52. The topological polar surface area (TPSA) is 96.0 Å². The Kier molecular flexibility index (Phi) is 11.8. The molecular weight excluding hydrogens is 622 g/mol. The lowest BCUT2D eigenvalue weighted by molar-refractivity contribution is -0.140. The molecule has 242 valence electrons. The number of carbonyl (C=O) groups excluding carboxylic acids is 2. The Hall–Kier alpha value is -4.34. The Morgan fingerprint density at radius 3 is 2.11 bits per heavy atom. The lowest BCUT2D eigenvalue weighted by Gasteiger charge is -2.34. The maximum atomic E-state index is 14.6. The molecule has 0 fully saturated rings. The van der Waals surface area contributed by atoms with E-state index in [0.29, 0.717) is 11.6 Å². The molecule has 0 aliphatic rings. The van der Waals surface area contributed by atoms with E-state index in [1.165, 1.54) is 24.1 Å². The number of sulfonamides is 1. The number of carbonyl (C=O) groups is 2. The van der Waals surface area contributed by atoms with Crippen molar-refractivity contribution in [2.75, 3.05) is 24.5 Å². The fourth-order valence-electron chi connectivity index (χ4n) is 4.95. The van der Waals surface area contributed by atoms with Crippen LogP contribution in [0.5, 0.6) is 5.75 Å². The monoisotopic (exact) mass is 661 g/mol. The van der Waals surface area contributed by atoms with Gasteiger partial charge < -0.3 is 15.0 Å². The van der Waals surface area contributed by atoms with Crippen LogP contribution in [0.15, 0.2) is 108 Å². The van der Waals surface area contributed by atoms with Crippen LogP contribution in [0.1, 0.15) is 30.5 Å². The van der Waals surface area contributed by atoms with Crippen LogP contribution < -0.4 is 14.4 Å². The van der Waals surface area contributed by atoms with Crippen molar-refractivity contribution >= 4 is 39.1 Å². The SMILES string of the molecule is COc1ccccc1N(CC(=O)N(Cc1ccc(Cl)cc1)[C@@H](Cc1ccccc1)C(=O)NCC(C)C)S(=O)(=O)c1ccc(C)cc1. The van der Waals surface area contributed by atoms with Gasteiger partial charge in [0.25, 0.3) is 10.0 Å². The number of anilines is 1. The second-order valence-corrected chi connectivity index (χ2v) is 13.8. The third-order valence-electron chi connectivity index (χ3n) is 7.46. The highest BCUT2D eigenvalue weighted by atomic mass is 35.5. The van der Waals surface area contributed by atoms with Crippen molar-refractivity contribution in [1.29, 1.82) is 0 Å². The molecule has 0 unspecified atom stereocenters. The predicted octanol–water partition coefficient (Wildman–Crippen LogP) is 6.26. The smallest absolute Gasteiger partial charge is 0.264 e. The van der Waals surface area contributed by atoms with Gasteiger partial charge in [0.2, 0.25) is 11.8 Å². The number of aryl methyl sites for hydroxylation is 1. The molecule has 46 heavy (non-hydrogen) atoms. The third kappa shape index (κ3) is 8.89. The van der Waals surface area contributed by atoms with Crippen LogP contribution in [0.3, 0.4) is 0 Å². The van der Waals surface area contributed by atoms with E-state index in [-0.39, 0.29) is 41.1 Å². The number of nitrogens with one attached hydrogen (secondary N) is 1. The largest absolute Gasteiger partial charge is 0.495 e. The Morgan fingerprint density at radius 2 is 1.48 bits per heavy atom. The minimum atomic E-state index is -4.25. The number of rotatable bonds is 14. The molecule has 0 aliphatic heterocycles. The van der Waals surface area contributed by atoms with E-state index >= 15 is 0 Å². The highest BCUT2D eigenvalue weighted by molar-refractivity contribution is 7.92. The van der Waals surface area contributed by atoms with Gasteiger partial charge in [0.05, 0.1) is 17.7 Å². The van der Waals surface area contributed by atoms with E-state index in [1.807, 2.05) is 51.1 Å². The first-order valence-corrected chi connectivity index (χ1v) is 16.9. The first kappa shape index (κ1) is 34.5. The van der Waals surface area contributed by atoms with Crippen LogP contribution in [-0.4, -0.2) is 51.4 Å². The second-order valence-electron chi connectivity index (χ2n) is 11.5. The third-order valence-corrected chi connectivity index (χ3v) is 9.49. The summed E-state index contributed by atoms with van der Waals surface area (Å²) in [5.41, 5.74) is 2.69. The molecule has 0 spiro atoms. The number of amides is 2. The van der Waals surface area contributed by atoms with Crippen LogP contribution in [0.2, 0.25) is 5.02 Å². The summed E-state index contributed by atoms with van der Waals surface area (Å²) in [6, 6.07) is 28.6. The van der Waals surface area contributed by atoms with Gasteiger partial charge in [-0.15, -0.1) is 0 Å². The van der Waals surface area contributed by atoms with Gasteiger partial charge in [0.1, 0.15) is 18.3 Å². The van der Waals surface area contributed by atoms with E-state index in [2.05, 4.69) is 5.32 Å². The highest BCUT2D eigenvalue weighted by Gasteiger charge is 2.35. The average molecular weight is 662 g/mol. The zero-order valence-corrected chi connectivity index (χ0v) is 28.1. The molecule has 0 aromatic heterocycles. The normalized spacial score (nSPS) is 12.0. The summed E-state index contributed by atoms with van der Waals surface area (Å²) in [6.45, 7) is 5.74. The molecule has 0 saturated carbocycles. The van der Waals surface area contributed by atoms with Gasteiger partial charge in [-0.3, -0.25) is 13.9 Å². The first-order chi connectivity index (χ1) is 22.0. The Labute approximate surface area is 277 Å². The van der Waals surface area contributed by atoms with Crippen molar-refractivity contribution in [2.45, 2.75) is 44.7 Å². The zero-order chi connectivity index (χ0) is 33.3. The maximum Gasteiger partial charge on any atom is 0.264 e. The molecule has 1 atom stereocenters. The zero-order valence-electron chi connectivity index (χ0n) is 26.5. The van der Waals surface area contributed by atoms with Crippen molar-refractivity contribution in [2.24, 2.45) is 5.92 Å². The number of hydrogen-bond donors (Lipinski definition) is 1. The molecule has 4 aromatic rings. The summed E-state index contributed by atoms with van der Waals surface area (Å²) in [4.78, 5) is 29.9. The molecule has 0 aliphatic carbocycles. The summed E-state index contributed by atoms with van der Waals surface area (Å²) in [6.07, 6.45) is 0.226.